The van der Waals surface area contributed by atoms with Crippen LogP contribution in [0.1, 0.15) is 25.5 Å². The SMILES string of the molecule is Nc1cc(F)c(Oc2ccc3ncc(-c4cnn(C5CCCCO5)c4)nc3c2)c(F)c1N. The molecule has 3 heterocycles. The molecular weight excluding hydrogens is 418 g/mol. The number of hydrogen-bond donors (Lipinski definition) is 2. The maximum absolute atomic E-state index is 14.3. The van der Waals surface area contributed by atoms with Gasteiger partial charge in [0.15, 0.2) is 11.6 Å². The number of nitrogens with zero attached hydrogens (tertiary/aromatic N) is 4. The summed E-state index contributed by atoms with van der Waals surface area (Å²) in [6.45, 7) is 0.721. The predicted octanol–water partition coefficient (Wildman–Crippen LogP) is 4.43. The van der Waals surface area contributed by atoms with Crippen LogP contribution in [-0.2, 0) is 4.74 Å². The van der Waals surface area contributed by atoms with Crippen LogP contribution in [-0.4, -0.2) is 26.4 Å². The number of benzene rings is 2. The van der Waals surface area contributed by atoms with Gasteiger partial charge in [-0.15, -0.1) is 0 Å². The zero-order valence-electron chi connectivity index (χ0n) is 17.0. The van der Waals surface area contributed by atoms with Gasteiger partial charge in [-0.2, -0.15) is 5.10 Å². The normalized spacial score (nSPS) is 16.4. The van der Waals surface area contributed by atoms with Gasteiger partial charge in [-0.1, -0.05) is 0 Å². The first-order valence-electron chi connectivity index (χ1n) is 10.1. The van der Waals surface area contributed by atoms with Crippen molar-refractivity contribution < 1.29 is 18.3 Å². The quantitative estimate of drug-likeness (QED) is 0.453. The summed E-state index contributed by atoms with van der Waals surface area (Å²) in [5, 5.41) is 4.40. The first-order valence-corrected chi connectivity index (χ1v) is 10.1. The van der Waals surface area contributed by atoms with Crippen molar-refractivity contribution in [2.75, 3.05) is 18.1 Å². The third-order valence-electron chi connectivity index (χ3n) is 5.33. The van der Waals surface area contributed by atoms with Crippen LogP contribution in [0.3, 0.4) is 0 Å². The van der Waals surface area contributed by atoms with Crippen molar-refractivity contribution >= 4 is 22.4 Å². The minimum absolute atomic E-state index is 0.0805. The average molecular weight is 438 g/mol. The van der Waals surface area contributed by atoms with Gasteiger partial charge in [0.1, 0.15) is 12.0 Å². The van der Waals surface area contributed by atoms with Crippen molar-refractivity contribution in [1.82, 2.24) is 19.7 Å². The van der Waals surface area contributed by atoms with Crippen LogP contribution in [0.2, 0.25) is 0 Å². The summed E-state index contributed by atoms with van der Waals surface area (Å²) in [6.07, 6.45) is 8.20. The van der Waals surface area contributed by atoms with Gasteiger partial charge in [0, 0.05) is 30.5 Å². The number of ether oxygens (including phenoxy) is 2. The number of fused-ring (bicyclic) bond motifs is 1. The number of nitrogens with two attached hydrogens (primary N) is 2. The maximum atomic E-state index is 14.3. The van der Waals surface area contributed by atoms with E-state index in [1.54, 1.807) is 35.3 Å². The Hall–Kier alpha value is -3.79. The first-order chi connectivity index (χ1) is 15.5. The number of halogens is 2. The molecule has 0 saturated carbocycles. The second kappa shape index (κ2) is 8.04. The molecule has 5 rings (SSSR count). The molecule has 0 radical (unpaired) electrons. The second-order valence-electron chi connectivity index (χ2n) is 7.54. The van der Waals surface area contributed by atoms with E-state index in [0.29, 0.717) is 16.7 Å². The van der Waals surface area contributed by atoms with Crippen LogP contribution in [0.15, 0.2) is 42.9 Å². The highest BCUT2D eigenvalue weighted by Gasteiger charge is 2.19. The molecule has 8 nitrogen and oxygen atoms in total. The van der Waals surface area contributed by atoms with Gasteiger partial charge in [0.25, 0.3) is 0 Å². The molecule has 2 aromatic carbocycles. The van der Waals surface area contributed by atoms with E-state index < -0.39 is 17.4 Å². The molecule has 4 aromatic rings. The van der Waals surface area contributed by atoms with Gasteiger partial charge < -0.3 is 20.9 Å². The molecule has 1 unspecified atom stereocenters. The largest absolute Gasteiger partial charge is 0.451 e. The molecule has 0 aliphatic carbocycles. The van der Waals surface area contributed by atoms with Crippen molar-refractivity contribution in [2.45, 2.75) is 25.5 Å². The molecule has 1 aliphatic heterocycles. The van der Waals surface area contributed by atoms with E-state index in [9.17, 15) is 8.78 Å². The molecule has 1 saturated heterocycles. The average Bonchev–Trinajstić information content (AvgIpc) is 3.31. The number of anilines is 2. The topological polar surface area (TPSA) is 114 Å². The lowest BCUT2D eigenvalue weighted by Gasteiger charge is -2.22. The van der Waals surface area contributed by atoms with E-state index in [4.69, 9.17) is 20.9 Å². The summed E-state index contributed by atoms with van der Waals surface area (Å²) in [7, 11) is 0. The van der Waals surface area contributed by atoms with Gasteiger partial charge in [0.05, 0.1) is 40.5 Å². The fourth-order valence-electron chi connectivity index (χ4n) is 3.60. The third-order valence-corrected chi connectivity index (χ3v) is 5.33. The number of rotatable bonds is 4. The Morgan fingerprint density at radius 3 is 2.78 bits per heavy atom. The molecule has 0 bridgehead atoms. The number of nitrogen functional groups attached to an aromatic ring is 2. The lowest BCUT2D eigenvalue weighted by molar-refractivity contribution is -0.0394. The van der Waals surface area contributed by atoms with Crippen molar-refractivity contribution in [3.63, 3.8) is 0 Å². The fraction of sp³-hybridized carbons (Fsp3) is 0.227. The molecule has 2 aromatic heterocycles. The maximum Gasteiger partial charge on any atom is 0.200 e. The van der Waals surface area contributed by atoms with Crippen LogP contribution in [0.25, 0.3) is 22.3 Å². The molecule has 4 N–H and O–H groups in total. The highest BCUT2D eigenvalue weighted by atomic mass is 19.1. The van der Waals surface area contributed by atoms with E-state index >= 15 is 0 Å². The van der Waals surface area contributed by atoms with Gasteiger partial charge in [-0.25, -0.2) is 18.4 Å². The molecular formula is C22H20F2N6O2. The molecule has 10 heteroatoms. The summed E-state index contributed by atoms with van der Waals surface area (Å²) in [5.41, 5.74) is 12.9. The Morgan fingerprint density at radius 1 is 1.09 bits per heavy atom. The summed E-state index contributed by atoms with van der Waals surface area (Å²) in [6, 6.07) is 5.66. The standard InChI is InChI=1S/C22H20F2N6O2/c23-14-8-15(25)21(26)20(24)22(14)32-13-4-5-16-17(7-13)29-18(10-27-16)12-9-28-30(11-12)19-3-1-2-6-31-19/h4-5,7-11,19H,1-3,6,25-26H2. The predicted molar refractivity (Wildman–Crippen MR) is 115 cm³/mol. The minimum Gasteiger partial charge on any atom is -0.451 e. The lowest BCUT2D eigenvalue weighted by atomic mass is 10.2. The highest BCUT2D eigenvalue weighted by molar-refractivity contribution is 5.78. The van der Waals surface area contributed by atoms with Crippen molar-refractivity contribution in [1.29, 1.82) is 0 Å². The van der Waals surface area contributed by atoms with Crippen molar-refractivity contribution in [3.05, 3.63) is 54.5 Å². The van der Waals surface area contributed by atoms with Gasteiger partial charge >= 0.3 is 0 Å². The molecule has 0 spiro atoms. The third kappa shape index (κ3) is 3.69. The van der Waals surface area contributed by atoms with Crippen molar-refractivity contribution in [2.24, 2.45) is 0 Å². The number of hydrogen-bond acceptors (Lipinski definition) is 7. The van der Waals surface area contributed by atoms with E-state index in [-0.39, 0.29) is 23.4 Å². The van der Waals surface area contributed by atoms with Crippen LogP contribution in [0, 0.1) is 11.6 Å². The first kappa shape index (κ1) is 20.1. The molecule has 1 atom stereocenters. The van der Waals surface area contributed by atoms with E-state index in [2.05, 4.69) is 15.1 Å². The van der Waals surface area contributed by atoms with Gasteiger partial charge in [0.2, 0.25) is 5.75 Å². The minimum atomic E-state index is -1.06. The Balaban J connectivity index is 1.45. The molecule has 1 fully saturated rings. The van der Waals surface area contributed by atoms with E-state index in [1.165, 1.54) is 0 Å². The van der Waals surface area contributed by atoms with Crippen molar-refractivity contribution in [3.8, 4) is 22.8 Å². The Labute approximate surface area is 181 Å². The lowest BCUT2D eigenvalue weighted by Crippen LogP contribution is -2.18. The summed E-state index contributed by atoms with van der Waals surface area (Å²) >= 11 is 0. The molecule has 1 aliphatic rings. The Bertz CT molecular complexity index is 1300. The summed E-state index contributed by atoms with van der Waals surface area (Å²) < 4.78 is 41.5. The highest BCUT2D eigenvalue weighted by Crippen LogP contribution is 2.35. The Morgan fingerprint density at radius 2 is 1.97 bits per heavy atom. The van der Waals surface area contributed by atoms with Gasteiger partial charge in [-0.3, -0.25) is 4.98 Å². The van der Waals surface area contributed by atoms with Crippen LogP contribution < -0.4 is 16.2 Å². The molecule has 32 heavy (non-hydrogen) atoms. The summed E-state index contributed by atoms with van der Waals surface area (Å²) in [5.74, 6) is -2.46. The van der Waals surface area contributed by atoms with Gasteiger partial charge in [-0.05, 0) is 31.4 Å². The van der Waals surface area contributed by atoms with E-state index in [1.807, 2.05) is 6.20 Å². The van der Waals surface area contributed by atoms with Crippen LogP contribution in [0.5, 0.6) is 11.5 Å². The zero-order valence-corrected chi connectivity index (χ0v) is 17.0. The second-order valence-corrected chi connectivity index (χ2v) is 7.54. The van der Waals surface area contributed by atoms with E-state index in [0.717, 1.165) is 37.5 Å². The van der Waals surface area contributed by atoms with Crippen LogP contribution in [0.4, 0.5) is 20.2 Å². The molecule has 164 valence electrons. The smallest absolute Gasteiger partial charge is 0.200 e. The fourth-order valence-corrected chi connectivity index (χ4v) is 3.60. The van der Waals surface area contributed by atoms with Crippen LogP contribution >= 0.6 is 0 Å². The Kier molecular flexibility index (Phi) is 5.06. The summed E-state index contributed by atoms with van der Waals surface area (Å²) in [4.78, 5) is 9.03. The zero-order chi connectivity index (χ0) is 22.2. The monoisotopic (exact) mass is 438 g/mol. The number of aromatic nitrogens is 4. The molecule has 0 amide bonds.